The summed E-state index contributed by atoms with van der Waals surface area (Å²) in [5.74, 6) is 2.97. The molecule has 0 aromatic heterocycles. The summed E-state index contributed by atoms with van der Waals surface area (Å²) >= 11 is 8.00. The summed E-state index contributed by atoms with van der Waals surface area (Å²) in [5, 5.41) is 0.772. The second-order valence-corrected chi connectivity index (χ2v) is 7.64. The highest BCUT2D eigenvalue weighted by Gasteiger charge is 2.40. The first-order valence-electron chi connectivity index (χ1n) is 7.41. The second-order valence-electron chi connectivity index (χ2n) is 5.97. The van der Waals surface area contributed by atoms with Gasteiger partial charge in [-0.2, -0.15) is 11.8 Å². The van der Waals surface area contributed by atoms with E-state index in [1.54, 1.807) is 0 Å². The van der Waals surface area contributed by atoms with Crippen LogP contribution in [0.4, 0.5) is 0 Å². The van der Waals surface area contributed by atoms with Crippen LogP contribution in [-0.4, -0.2) is 23.7 Å². The number of ether oxygens (including phenoxy) is 1. The van der Waals surface area contributed by atoms with Crippen molar-refractivity contribution in [1.82, 2.24) is 0 Å². The van der Waals surface area contributed by atoms with Gasteiger partial charge in [-0.1, -0.05) is 23.7 Å². The number of benzene rings is 1. The van der Waals surface area contributed by atoms with E-state index in [4.69, 9.17) is 22.1 Å². The number of thioether (sulfide) groups is 1. The molecule has 110 valence electrons. The number of hydrogen-bond donors (Lipinski definition) is 1. The summed E-state index contributed by atoms with van der Waals surface area (Å²) in [6.45, 7) is 0.858. The van der Waals surface area contributed by atoms with Gasteiger partial charge >= 0.3 is 0 Å². The molecule has 2 atom stereocenters. The quantitative estimate of drug-likeness (QED) is 0.895. The van der Waals surface area contributed by atoms with Gasteiger partial charge in [-0.15, -0.1) is 0 Å². The standard InChI is InChI=1S/C16H22ClNOS/c17-14-3-1-12(2-4-14)15(18)13-5-8-19-16(11-13)6-9-20-10-7-16/h1-4,13,15H,5-11,18H2. The molecule has 20 heavy (non-hydrogen) atoms. The zero-order chi connectivity index (χ0) is 14.0. The molecule has 1 spiro atoms. The van der Waals surface area contributed by atoms with Crippen molar-refractivity contribution in [3.8, 4) is 0 Å². The fourth-order valence-corrected chi connectivity index (χ4v) is 4.78. The number of hydrogen-bond acceptors (Lipinski definition) is 3. The third-order valence-electron chi connectivity index (χ3n) is 4.70. The highest BCUT2D eigenvalue weighted by molar-refractivity contribution is 7.99. The van der Waals surface area contributed by atoms with E-state index in [1.807, 2.05) is 23.9 Å². The van der Waals surface area contributed by atoms with Gasteiger partial charge in [0.2, 0.25) is 0 Å². The normalized spacial score (nSPS) is 27.4. The largest absolute Gasteiger partial charge is 0.375 e. The molecule has 0 aliphatic carbocycles. The highest BCUT2D eigenvalue weighted by Crippen LogP contribution is 2.42. The van der Waals surface area contributed by atoms with Crippen LogP contribution in [-0.2, 0) is 4.74 Å². The minimum atomic E-state index is 0.0996. The Kier molecular flexibility index (Phi) is 4.61. The molecular weight excluding hydrogens is 290 g/mol. The topological polar surface area (TPSA) is 35.2 Å². The molecule has 0 bridgehead atoms. The number of rotatable bonds is 2. The van der Waals surface area contributed by atoms with E-state index in [0.717, 1.165) is 24.5 Å². The zero-order valence-corrected chi connectivity index (χ0v) is 13.3. The van der Waals surface area contributed by atoms with Crippen molar-refractivity contribution < 1.29 is 4.74 Å². The first-order valence-corrected chi connectivity index (χ1v) is 8.95. The third-order valence-corrected chi connectivity index (χ3v) is 5.94. The van der Waals surface area contributed by atoms with Gasteiger partial charge in [0, 0.05) is 17.7 Å². The third kappa shape index (κ3) is 3.16. The van der Waals surface area contributed by atoms with E-state index in [0.29, 0.717) is 5.92 Å². The van der Waals surface area contributed by atoms with E-state index in [2.05, 4.69) is 12.1 Å². The summed E-state index contributed by atoms with van der Waals surface area (Å²) in [6, 6.07) is 8.09. The van der Waals surface area contributed by atoms with Gasteiger partial charge < -0.3 is 10.5 Å². The molecule has 2 nitrogen and oxygen atoms in total. The Labute approximate surface area is 130 Å². The molecule has 2 heterocycles. The summed E-state index contributed by atoms with van der Waals surface area (Å²) < 4.78 is 6.15. The minimum absolute atomic E-state index is 0.0996. The van der Waals surface area contributed by atoms with Gasteiger partial charge in [-0.25, -0.2) is 0 Å². The van der Waals surface area contributed by atoms with Crippen molar-refractivity contribution in [2.75, 3.05) is 18.1 Å². The Morgan fingerprint density at radius 2 is 1.95 bits per heavy atom. The number of nitrogens with two attached hydrogens (primary N) is 1. The van der Waals surface area contributed by atoms with E-state index >= 15 is 0 Å². The van der Waals surface area contributed by atoms with Crippen molar-refractivity contribution in [2.24, 2.45) is 11.7 Å². The second kappa shape index (κ2) is 6.27. The molecule has 0 saturated carbocycles. The maximum Gasteiger partial charge on any atom is 0.0701 e. The van der Waals surface area contributed by atoms with Crippen molar-refractivity contribution in [2.45, 2.75) is 37.3 Å². The molecule has 1 aromatic carbocycles. The highest BCUT2D eigenvalue weighted by atomic mass is 35.5. The Morgan fingerprint density at radius 3 is 2.65 bits per heavy atom. The predicted molar refractivity (Wildman–Crippen MR) is 86.3 cm³/mol. The molecule has 2 fully saturated rings. The van der Waals surface area contributed by atoms with Crippen molar-refractivity contribution >= 4 is 23.4 Å². The molecule has 4 heteroatoms. The van der Waals surface area contributed by atoms with Crippen LogP contribution in [0.1, 0.15) is 37.3 Å². The molecular formula is C16H22ClNOS. The smallest absolute Gasteiger partial charge is 0.0701 e. The molecule has 1 aromatic rings. The van der Waals surface area contributed by atoms with Crippen LogP contribution in [0, 0.1) is 5.92 Å². The van der Waals surface area contributed by atoms with Gasteiger partial charge in [0.25, 0.3) is 0 Å². The van der Waals surface area contributed by atoms with E-state index < -0.39 is 0 Å². The van der Waals surface area contributed by atoms with E-state index in [9.17, 15) is 0 Å². The lowest BCUT2D eigenvalue weighted by Crippen LogP contribution is -2.45. The van der Waals surface area contributed by atoms with Crippen LogP contribution >= 0.6 is 23.4 Å². The summed E-state index contributed by atoms with van der Waals surface area (Å²) in [6.07, 6.45) is 4.54. The molecule has 0 radical (unpaired) electrons. The van der Waals surface area contributed by atoms with Crippen LogP contribution in [0.15, 0.2) is 24.3 Å². The monoisotopic (exact) mass is 311 g/mol. The van der Waals surface area contributed by atoms with Gasteiger partial charge in [0.05, 0.1) is 5.60 Å². The maximum absolute atomic E-state index is 6.51. The van der Waals surface area contributed by atoms with Crippen molar-refractivity contribution in [3.63, 3.8) is 0 Å². The van der Waals surface area contributed by atoms with Crippen LogP contribution in [0.3, 0.4) is 0 Å². The SMILES string of the molecule is NC(c1ccc(Cl)cc1)C1CCOC2(CCSCC2)C1. The Balaban J connectivity index is 1.71. The Morgan fingerprint density at radius 1 is 1.25 bits per heavy atom. The summed E-state index contributed by atoms with van der Waals surface area (Å²) in [5.41, 5.74) is 7.81. The van der Waals surface area contributed by atoms with Gasteiger partial charge in [0.1, 0.15) is 0 Å². The fourth-order valence-electron chi connectivity index (χ4n) is 3.42. The maximum atomic E-state index is 6.51. The van der Waals surface area contributed by atoms with Crippen LogP contribution in [0.5, 0.6) is 0 Å². The number of halogens is 1. The van der Waals surface area contributed by atoms with Gasteiger partial charge in [-0.3, -0.25) is 0 Å². The first-order chi connectivity index (χ1) is 9.69. The Bertz CT molecular complexity index is 439. The van der Waals surface area contributed by atoms with Crippen molar-refractivity contribution in [1.29, 1.82) is 0 Å². The fraction of sp³-hybridized carbons (Fsp3) is 0.625. The average Bonchev–Trinajstić information content (AvgIpc) is 2.48. The molecule has 2 N–H and O–H groups in total. The lowest BCUT2D eigenvalue weighted by molar-refractivity contribution is -0.105. The van der Waals surface area contributed by atoms with Crippen LogP contribution in [0.25, 0.3) is 0 Å². The molecule has 2 aliphatic rings. The van der Waals surface area contributed by atoms with Crippen LogP contribution in [0.2, 0.25) is 5.02 Å². The zero-order valence-electron chi connectivity index (χ0n) is 11.7. The molecule has 0 amide bonds. The van der Waals surface area contributed by atoms with E-state index in [1.165, 1.54) is 29.9 Å². The molecule has 2 aliphatic heterocycles. The van der Waals surface area contributed by atoms with E-state index in [-0.39, 0.29) is 11.6 Å². The lowest BCUT2D eigenvalue weighted by Gasteiger charge is -2.44. The lowest BCUT2D eigenvalue weighted by atomic mass is 9.77. The van der Waals surface area contributed by atoms with Crippen LogP contribution < -0.4 is 5.73 Å². The summed E-state index contributed by atoms with van der Waals surface area (Å²) in [7, 11) is 0. The minimum Gasteiger partial charge on any atom is -0.375 e. The molecule has 2 unspecified atom stereocenters. The molecule has 2 saturated heterocycles. The predicted octanol–water partition coefficient (Wildman–Crippen LogP) is 4.03. The Hall–Kier alpha value is -0.220. The van der Waals surface area contributed by atoms with Gasteiger partial charge in [-0.05, 0) is 60.8 Å². The average molecular weight is 312 g/mol. The first kappa shape index (κ1) is 14.7. The molecule has 3 rings (SSSR count). The van der Waals surface area contributed by atoms with Crippen molar-refractivity contribution in [3.05, 3.63) is 34.9 Å². The van der Waals surface area contributed by atoms with Gasteiger partial charge in [0.15, 0.2) is 0 Å². The summed E-state index contributed by atoms with van der Waals surface area (Å²) in [4.78, 5) is 0.